The van der Waals surface area contributed by atoms with E-state index in [0.717, 1.165) is 0 Å². The van der Waals surface area contributed by atoms with E-state index in [2.05, 4.69) is 10.6 Å². The maximum atomic E-state index is 12.4. The fourth-order valence-electron chi connectivity index (χ4n) is 2.78. The summed E-state index contributed by atoms with van der Waals surface area (Å²) >= 11 is 18.1. The Bertz CT molecular complexity index is 1160. The van der Waals surface area contributed by atoms with Gasteiger partial charge in [0, 0.05) is 38.6 Å². The summed E-state index contributed by atoms with van der Waals surface area (Å²) < 4.78 is 5.26. The van der Waals surface area contributed by atoms with Crippen LogP contribution in [0.25, 0.3) is 6.08 Å². The maximum Gasteiger partial charge on any atom is 0.255 e. The molecule has 158 valence electrons. The van der Waals surface area contributed by atoms with Crippen LogP contribution >= 0.6 is 34.8 Å². The van der Waals surface area contributed by atoms with Crippen LogP contribution in [0.15, 0.2) is 66.7 Å². The molecule has 0 fully saturated rings. The third-order valence-corrected chi connectivity index (χ3v) is 4.86. The summed E-state index contributed by atoms with van der Waals surface area (Å²) in [5, 5.41) is 6.75. The Hall–Kier alpha value is -2.99. The Morgan fingerprint density at radius 3 is 2.29 bits per heavy atom. The van der Waals surface area contributed by atoms with Gasteiger partial charge in [0.25, 0.3) is 5.91 Å². The number of halogens is 3. The molecule has 0 spiro atoms. The third-order valence-electron chi connectivity index (χ3n) is 4.13. The summed E-state index contributed by atoms with van der Waals surface area (Å²) in [6.07, 6.45) is 2.89. The van der Waals surface area contributed by atoms with Crippen LogP contribution in [0.5, 0.6) is 5.75 Å². The molecule has 0 heterocycles. The van der Waals surface area contributed by atoms with Gasteiger partial charge in [-0.1, -0.05) is 46.9 Å². The minimum Gasteiger partial charge on any atom is -0.495 e. The highest BCUT2D eigenvalue weighted by molar-refractivity contribution is 6.36. The van der Waals surface area contributed by atoms with Crippen molar-refractivity contribution in [2.24, 2.45) is 0 Å². The number of hydrogen-bond acceptors (Lipinski definition) is 3. The standard InChI is InChI=1S/C23H17Cl3N2O3/c1-31-22-14(10-17(25)12-20(22)26)8-9-21(29)27-18-6-3-7-19(13-18)28-23(30)15-4-2-5-16(24)11-15/h2-13H,1H3,(H,27,29)(H,28,30)/b9-8+. The molecule has 0 atom stereocenters. The second kappa shape index (κ2) is 10.4. The van der Waals surface area contributed by atoms with Gasteiger partial charge in [-0.05, 0) is 54.6 Å². The van der Waals surface area contributed by atoms with E-state index in [9.17, 15) is 9.59 Å². The van der Waals surface area contributed by atoms with Gasteiger partial charge in [0.1, 0.15) is 5.75 Å². The predicted molar refractivity (Wildman–Crippen MR) is 127 cm³/mol. The summed E-state index contributed by atoms with van der Waals surface area (Å²) in [6.45, 7) is 0. The van der Waals surface area contributed by atoms with E-state index in [-0.39, 0.29) is 11.8 Å². The average molecular weight is 476 g/mol. The van der Waals surface area contributed by atoms with Gasteiger partial charge in [-0.15, -0.1) is 0 Å². The second-order valence-corrected chi connectivity index (χ2v) is 7.66. The Kier molecular flexibility index (Phi) is 7.58. The first kappa shape index (κ1) is 22.7. The fraction of sp³-hybridized carbons (Fsp3) is 0.0435. The Balaban J connectivity index is 1.69. The van der Waals surface area contributed by atoms with Gasteiger partial charge in [0.2, 0.25) is 5.91 Å². The van der Waals surface area contributed by atoms with Gasteiger partial charge in [-0.25, -0.2) is 0 Å². The van der Waals surface area contributed by atoms with Crippen LogP contribution in [-0.2, 0) is 4.79 Å². The molecule has 0 radical (unpaired) electrons. The number of ether oxygens (including phenoxy) is 1. The van der Waals surface area contributed by atoms with Gasteiger partial charge in [-0.3, -0.25) is 9.59 Å². The molecule has 0 aliphatic carbocycles. The van der Waals surface area contributed by atoms with E-state index in [1.165, 1.54) is 13.2 Å². The quantitative estimate of drug-likeness (QED) is 0.397. The number of anilines is 2. The number of nitrogens with one attached hydrogen (secondary N) is 2. The Morgan fingerprint density at radius 2 is 1.58 bits per heavy atom. The van der Waals surface area contributed by atoms with Crippen LogP contribution in [0, 0.1) is 0 Å². The lowest BCUT2D eigenvalue weighted by Crippen LogP contribution is -2.12. The van der Waals surface area contributed by atoms with Gasteiger partial charge < -0.3 is 15.4 Å². The van der Waals surface area contributed by atoms with Crippen molar-refractivity contribution in [3.63, 3.8) is 0 Å². The number of carbonyl (C=O) groups is 2. The van der Waals surface area contributed by atoms with Crippen LogP contribution in [-0.4, -0.2) is 18.9 Å². The van der Waals surface area contributed by atoms with Crippen LogP contribution in [0.2, 0.25) is 15.1 Å². The maximum absolute atomic E-state index is 12.4. The van der Waals surface area contributed by atoms with Crippen LogP contribution in [0.3, 0.4) is 0 Å². The Labute approximate surface area is 194 Å². The van der Waals surface area contributed by atoms with Crippen molar-refractivity contribution in [3.05, 3.63) is 92.9 Å². The zero-order valence-corrected chi connectivity index (χ0v) is 18.6. The molecule has 2 amide bonds. The van der Waals surface area contributed by atoms with Crippen molar-refractivity contribution in [1.29, 1.82) is 0 Å². The highest BCUT2D eigenvalue weighted by Gasteiger charge is 2.09. The number of hydrogen-bond donors (Lipinski definition) is 2. The first-order valence-corrected chi connectivity index (χ1v) is 10.2. The molecular formula is C23H17Cl3N2O3. The van der Waals surface area contributed by atoms with E-state index >= 15 is 0 Å². The number of methoxy groups -OCH3 is 1. The summed E-state index contributed by atoms with van der Waals surface area (Å²) in [6, 6.07) is 16.6. The number of rotatable bonds is 6. The number of carbonyl (C=O) groups excluding carboxylic acids is 2. The minimum atomic E-state index is -0.378. The third kappa shape index (κ3) is 6.25. The minimum absolute atomic E-state index is 0.309. The zero-order chi connectivity index (χ0) is 22.4. The van der Waals surface area contributed by atoms with Crippen molar-refractivity contribution < 1.29 is 14.3 Å². The summed E-state index contributed by atoms with van der Waals surface area (Å²) in [5.74, 6) is -0.270. The molecule has 3 rings (SSSR count). The molecule has 8 heteroatoms. The fourth-order valence-corrected chi connectivity index (χ4v) is 3.55. The molecule has 0 aliphatic heterocycles. The van der Waals surface area contributed by atoms with E-state index in [0.29, 0.717) is 43.3 Å². The topological polar surface area (TPSA) is 67.4 Å². The lowest BCUT2D eigenvalue weighted by molar-refractivity contribution is -0.111. The van der Waals surface area contributed by atoms with Gasteiger partial charge >= 0.3 is 0 Å². The lowest BCUT2D eigenvalue weighted by Gasteiger charge is -2.09. The average Bonchev–Trinajstić information content (AvgIpc) is 2.72. The second-order valence-electron chi connectivity index (χ2n) is 6.38. The van der Waals surface area contributed by atoms with Crippen molar-refractivity contribution in [3.8, 4) is 5.75 Å². The van der Waals surface area contributed by atoms with Crippen LogP contribution < -0.4 is 15.4 Å². The molecule has 0 saturated carbocycles. The smallest absolute Gasteiger partial charge is 0.255 e. The van der Waals surface area contributed by atoms with Crippen LogP contribution in [0.1, 0.15) is 15.9 Å². The zero-order valence-electron chi connectivity index (χ0n) is 16.3. The highest BCUT2D eigenvalue weighted by Crippen LogP contribution is 2.33. The molecular weight excluding hydrogens is 459 g/mol. The van der Waals surface area contributed by atoms with E-state index in [1.807, 2.05) is 0 Å². The van der Waals surface area contributed by atoms with Crippen molar-refractivity contribution >= 4 is 64.1 Å². The molecule has 0 aromatic heterocycles. The van der Waals surface area contributed by atoms with Gasteiger partial charge in [0.05, 0.1) is 12.1 Å². The molecule has 0 bridgehead atoms. The van der Waals surface area contributed by atoms with Crippen molar-refractivity contribution in [1.82, 2.24) is 0 Å². The molecule has 31 heavy (non-hydrogen) atoms. The first-order chi connectivity index (χ1) is 14.9. The summed E-state index contributed by atoms with van der Waals surface area (Å²) in [7, 11) is 1.48. The van der Waals surface area contributed by atoms with Crippen LogP contribution in [0.4, 0.5) is 11.4 Å². The Morgan fingerprint density at radius 1 is 0.871 bits per heavy atom. The monoisotopic (exact) mass is 474 g/mol. The molecule has 0 unspecified atom stereocenters. The van der Waals surface area contributed by atoms with Crippen molar-refractivity contribution in [2.75, 3.05) is 17.7 Å². The van der Waals surface area contributed by atoms with E-state index < -0.39 is 0 Å². The van der Waals surface area contributed by atoms with Gasteiger partial charge in [-0.2, -0.15) is 0 Å². The highest BCUT2D eigenvalue weighted by atomic mass is 35.5. The SMILES string of the molecule is COc1c(Cl)cc(Cl)cc1/C=C/C(=O)Nc1cccc(NC(=O)c2cccc(Cl)c2)c1. The molecule has 3 aromatic carbocycles. The number of amides is 2. The summed E-state index contributed by atoms with van der Waals surface area (Å²) in [5.41, 5.74) is 2.03. The van der Waals surface area contributed by atoms with Crippen molar-refractivity contribution in [2.45, 2.75) is 0 Å². The summed E-state index contributed by atoms with van der Waals surface area (Å²) in [4.78, 5) is 24.7. The van der Waals surface area contributed by atoms with Gasteiger partial charge in [0.15, 0.2) is 0 Å². The molecule has 0 aliphatic rings. The lowest BCUT2D eigenvalue weighted by atomic mass is 10.2. The van der Waals surface area contributed by atoms with E-state index in [4.69, 9.17) is 39.5 Å². The molecule has 0 saturated heterocycles. The first-order valence-electron chi connectivity index (χ1n) is 9.05. The van der Waals surface area contributed by atoms with E-state index in [1.54, 1.807) is 66.7 Å². The largest absolute Gasteiger partial charge is 0.495 e. The normalized spacial score (nSPS) is 10.7. The predicted octanol–water partition coefficient (Wildman–Crippen LogP) is 6.56. The molecule has 5 nitrogen and oxygen atoms in total. The molecule has 2 N–H and O–H groups in total. The number of benzene rings is 3. The molecule has 3 aromatic rings.